The molecule has 1 amide bonds. The predicted molar refractivity (Wildman–Crippen MR) is 90.1 cm³/mol. The molecule has 2 aromatic rings. The molecule has 2 aromatic carbocycles. The van der Waals surface area contributed by atoms with Crippen molar-refractivity contribution in [1.29, 1.82) is 0 Å². The van der Waals surface area contributed by atoms with Crippen molar-refractivity contribution in [3.05, 3.63) is 57.0 Å². The van der Waals surface area contributed by atoms with E-state index in [1.807, 2.05) is 0 Å². The van der Waals surface area contributed by atoms with E-state index in [1.165, 1.54) is 24.3 Å². The van der Waals surface area contributed by atoms with Crippen LogP contribution in [-0.2, 0) is 11.0 Å². The van der Waals surface area contributed by atoms with Crippen LogP contribution in [0.3, 0.4) is 0 Å². The molecule has 0 atom stereocenters. The molecular weight excluding hydrogens is 427 g/mol. The highest BCUT2D eigenvalue weighted by atomic mass is 79.9. The normalized spacial score (nSPS) is 11.1. The number of ether oxygens (including phenoxy) is 1. The number of hydrogen-bond acceptors (Lipinski definition) is 3. The molecular formula is C16H10BrClF3NO3. The van der Waals surface area contributed by atoms with Crippen LogP contribution in [0.5, 0.6) is 5.75 Å². The summed E-state index contributed by atoms with van der Waals surface area (Å²) in [5.41, 5.74) is -1.26. The van der Waals surface area contributed by atoms with Gasteiger partial charge in [0.2, 0.25) is 0 Å². The largest absolute Gasteiger partial charge is 0.483 e. The summed E-state index contributed by atoms with van der Waals surface area (Å²) in [5.74, 6) is -0.707. The number of anilines is 1. The Labute approximate surface area is 154 Å². The minimum absolute atomic E-state index is 0.0985. The topological polar surface area (TPSA) is 55.4 Å². The average Bonchev–Trinajstić information content (AvgIpc) is 2.54. The molecule has 0 fully saturated rings. The van der Waals surface area contributed by atoms with Gasteiger partial charge in [-0.05, 0) is 36.4 Å². The third-order valence-corrected chi connectivity index (χ3v) is 3.75. The van der Waals surface area contributed by atoms with Gasteiger partial charge in [-0.25, -0.2) is 0 Å². The van der Waals surface area contributed by atoms with E-state index in [0.29, 0.717) is 11.3 Å². The standard InChI is InChI=1S/C16H10BrClF3NO3/c17-10-1-3-13(12(6-10)16(19,20)21)22-15(24)8-25-14-4-2-11(18)5-9(14)7-23/h1-7H,8H2,(H,22,24). The van der Waals surface area contributed by atoms with Crippen LogP contribution in [0, 0.1) is 0 Å². The van der Waals surface area contributed by atoms with Gasteiger partial charge < -0.3 is 10.1 Å². The lowest BCUT2D eigenvalue weighted by molar-refractivity contribution is -0.137. The van der Waals surface area contributed by atoms with Gasteiger partial charge >= 0.3 is 6.18 Å². The van der Waals surface area contributed by atoms with Crippen molar-refractivity contribution in [2.75, 3.05) is 11.9 Å². The monoisotopic (exact) mass is 435 g/mol. The van der Waals surface area contributed by atoms with Crippen LogP contribution in [0.1, 0.15) is 15.9 Å². The minimum Gasteiger partial charge on any atom is -0.483 e. The molecule has 0 saturated carbocycles. The predicted octanol–water partition coefficient (Wildman–Crippen LogP) is 4.95. The van der Waals surface area contributed by atoms with Crippen molar-refractivity contribution < 1.29 is 27.5 Å². The van der Waals surface area contributed by atoms with Crippen LogP contribution in [0.4, 0.5) is 18.9 Å². The number of nitrogens with one attached hydrogen (secondary N) is 1. The summed E-state index contributed by atoms with van der Waals surface area (Å²) in [6.07, 6.45) is -4.14. The lowest BCUT2D eigenvalue weighted by Gasteiger charge is -2.14. The number of alkyl halides is 3. The Kier molecular flexibility index (Phi) is 6.07. The Morgan fingerprint density at radius 2 is 1.96 bits per heavy atom. The molecule has 0 saturated heterocycles. The average molecular weight is 437 g/mol. The number of hydrogen-bond donors (Lipinski definition) is 1. The lowest BCUT2D eigenvalue weighted by atomic mass is 10.1. The molecule has 0 spiro atoms. The summed E-state index contributed by atoms with van der Waals surface area (Å²) in [7, 11) is 0. The Bertz CT molecular complexity index is 812. The number of carbonyl (C=O) groups is 2. The first-order valence-corrected chi connectivity index (χ1v) is 7.92. The third-order valence-electron chi connectivity index (χ3n) is 3.02. The molecule has 0 bridgehead atoms. The summed E-state index contributed by atoms with van der Waals surface area (Å²) >= 11 is 8.69. The van der Waals surface area contributed by atoms with Gasteiger partial charge in [0, 0.05) is 9.50 Å². The van der Waals surface area contributed by atoms with E-state index in [1.54, 1.807) is 0 Å². The van der Waals surface area contributed by atoms with Crippen LogP contribution in [-0.4, -0.2) is 18.8 Å². The van der Waals surface area contributed by atoms with Gasteiger partial charge in [0.1, 0.15) is 5.75 Å². The molecule has 2 rings (SSSR count). The summed E-state index contributed by atoms with van der Waals surface area (Å²) in [6, 6.07) is 7.55. The number of halogens is 5. The smallest absolute Gasteiger partial charge is 0.418 e. The highest BCUT2D eigenvalue weighted by Crippen LogP contribution is 2.36. The molecule has 0 aromatic heterocycles. The van der Waals surface area contributed by atoms with Gasteiger partial charge in [0.25, 0.3) is 5.91 Å². The van der Waals surface area contributed by atoms with Crippen molar-refractivity contribution in [3.8, 4) is 5.75 Å². The Balaban J connectivity index is 2.10. The number of amides is 1. The van der Waals surface area contributed by atoms with Crippen molar-refractivity contribution in [2.24, 2.45) is 0 Å². The zero-order valence-electron chi connectivity index (χ0n) is 12.4. The second-order valence-electron chi connectivity index (χ2n) is 4.82. The van der Waals surface area contributed by atoms with Gasteiger partial charge in [-0.2, -0.15) is 13.2 Å². The van der Waals surface area contributed by atoms with Gasteiger partial charge in [-0.1, -0.05) is 27.5 Å². The Hall–Kier alpha value is -2.06. The number of rotatable bonds is 5. The van der Waals surface area contributed by atoms with E-state index in [4.69, 9.17) is 16.3 Å². The van der Waals surface area contributed by atoms with E-state index in [9.17, 15) is 22.8 Å². The molecule has 25 heavy (non-hydrogen) atoms. The van der Waals surface area contributed by atoms with Crippen molar-refractivity contribution in [1.82, 2.24) is 0 Å². The minimum atomic E-state index is -4.63. The maximum absolute atomic E-state index is 13.0. The maximum Gasteiger partial charge on any atom is 0.418 e. The molecule has 0 aliphatic carbocycles. The molecule has 1 N–H and O–H groups in total. The molecule has 0 aliphatic heterocycles. The molecule has 0 unspecified atom stereocenters. The maximum atomic E-state index is 13.0. The van der Waals surface area contributed by atoms with Crippen LogP contribution in [0.15, 0.2) is 40.9 Å². The fourth-order valence-electron chi connectivity index (χ4n) is 1.93. The zero-order valence-corrected chi connectivity index (χ0v) is 14.7. The summed E-state index contributed by atoms with van der Waals surface area (Å²) in [6.45, 7) is -0.574. The van der Waals surface area contributed by atoms with Crippen molar-refractivity contribution in [2.45, 2.75) is 6.18 Å². The fourth-order valence-corrected chi connectivity index (χ4v) is 2.47. The van der Waals surface area contributed by atoms with Gasteiger partial charge in [-0.15, -0.1) is 0 Å². The fraction of sp³-hybridized carbons (Fsp3) is 0.125. The molecule has 0 heterocycles. The Morgan fingerprint density at radius 1 is 1.24 bits per heavy atom. The van der Waals surface area contributed by atoms with E-state index < -0.39 is 29.9 Å². The van der Waals surface area contributed by atoms with E-state index in [0.717, 1.165) is 12.1 Å². The summed E-state index contributed by atoms with van der Waals surface area (Å²) in [5, 5.41) is 2.45. The van der Waals surface area contributed by atoms with Gasteiger partial charge in [0.15, 0.2) is 12.9 Å². The van der Waals surface area contributed by atoms with Crippen molar-refractivity contribution in [3.63, 3.8) is 0 Å². The van der Waals surface area contributed by atoms with Gasteiger partial charge in [-0.3, -0.25) is 9.59 Å². The molecule has 0 radical (unpaired) electrons. The van der Waals surface area contributed by atoms with E-state index in [2.05, 4.69) is 21.2 Å². The highest BCUT2D eigenvalue weighted by molar-refractivity contribution is 9.10. The zero-order chi connectivity index (χ0) is 18.6. The quantitative estimate of drug-likeness (QED) is 0.675. The molecule has 132 valence electrons. The first-order valence-electron chi connectivity index (χ1n) is 6.75. The first-order chi connectivity index (χ1) is 11.7. The number of aldehydes is 1. The lowest BCUT2D eigenvalue weighted by Crippen LogP contribution is -2.22. The number of benzene rings is 2. The highest BCUT2D eigenvalue weighted by Gasteiger charge is 2.34. The van der Waals surface area contributed by atoms with Crippen LogP contribution < -0.4 is 10.1 Å². The van der Waals surface area contributed by atoms with Gasteiger partial charge in [0.05, 0.1) is 16.8 Å². The molecule has 0 aliphatic rings. The van der Waals surface area contributed by atoms with Crippen LogP contribution in [0.2, 0.25) is 5.02 Å². The van der Waals surface area contributed by atoms with E-state index in [-0.39, 0.29) is 15.8 Å². The van der Waals surface area contributed by atoms with Crippen LogP contribution in [0.25, 0.3) is 0 Å². The second-order valence-corrected chi connectivity index (χ2v) is 6.18. The molecule has 4 nitrogen and oxygen atoms in total. The summed E-state index contributed by atoms with van der Waals surface area (Å²) < 4.78 is 44.4. The summed E-state index contributed by atoms with van der Waals surface area (Å²) in [4.78, 5) is 22.8. The first kappa shape index (κ1) is 19.3. The van der Waals surface area contributed by atoms with Crippen LogP contribution >= 0.6 is 27.5 Å². The molecule has 9 heteroatoms. The van der Waals surface area contributed by atoms with E-state index >= 15 is 0 Å². The number of carbonyl (C=O) groups excluding carboxylic acids is 2. The third kappa shape index (κ3) is 5.20. The van der Waals surface area contributed by atoms with Crippen molar-refractivity contribution >= 4 is 45.4 Å². The SMILES string of the molecule is O=Cc1cc(Cl)ccc1OCC(=O)Nc1ccc(Br)cc1C(F)(F)F. The Morgan fingerprint density at radius 3 is 2.60 bits per heavy atom. The second kappa shape index (κ2) is 7.88.